The van der Waals surface area contributed by atoms with E-state index in [1.54, 1.807) is 0 Å². The molecule has 0 bridgehead atoms. The van der Waals surface area contributed by atoms with Gasteiger partial charge in [-0.25, -0.2) is 8.78 Å². The van der Waals surface area contributed by atoms with Gasteiger partial charge in [-0.15, -0.1) is 8.78 Å². The van der Waals surface area contributed by atoms with Crippen LogP contribution in [0.3, 0.4) is 0 Å². The predicted octanol–water partition coefficient (Wildman–Crippen LogP) is 4.54. The number of carbonyl (C=O) groups excluding carboxylic acids is 1. The largest absolute Gasteiger partial charge is 0.487 e. The van der Waals surface area contributed by atoms with Crippen molar-refractivity contribution < 1.29 is 27.1 Å². The molecule has 3 rings (SSSR count). The number of nitrogens with zero attached hydrogens (tertiary/aromatic N) is 1. The van der Waals surface area contributed by atoms with Crippen LogP contribution in [-0.2, 0) is 0 Å². The Hall–Kier alpha value is -3.33. The quantitative estimate of drug-likeness (QED) is 0.481. The van der Waals surface area contributed by atoms with Crippen molar-refractivity contribution in [1.82, 2.24) is 4.57 Å². The minimum Gasteiger partial charge on any atom is -0.420 e. The fourth-order valence-corrected chi connectivity index (χ4v) is 2.49. The third-order valence-electron chi connectivity index (χ3n) is 3.70. The first kappa shape index (κ1) is 20.4. The zero-order chi connectivity index (χ0) is 21.2. The lowest BCUT2D eigenvalue weighted by Crippen LogP contribution is -2.21. The van der Waals surface area contributed by atoms with E-state index in [1.807, 2.05) is 0 Å². The first-order chi connectivity index (χ1) is 13.6. The fraction of sp³-hybridized carbons (Fsp3) is 0.0526. The van der Waals surface area contributed by atoms with Crippen molar-refractivity contribution in [3.63, 3.8) is 0 Å². The lowest BCUT2D eigenvalue weighted by Gasteiger charge is -2.12. The topological polar surface area (TPSA) is 60.3 Å². The summed E-state index contributed by atoms with van der Waals surface area (Å²) in [6.07, 6.45) is 1.16. The van der Waals surface area contributed by atoms with Crippen LogP contribution in [0.1, 0.15) is 10.4 Å². The van der Waals surface area contributed by atoms with E-state index in [4.69, 9.17) is 0 Å². The van der Waals surface area contributed by atoms with Crippen molar-refractivity contribution in [2.75, 3.05) is 5.32 Å². The summed E-state index contributed by atoms with van der Waals surface area (Å²) in [7, 11) is 0. The van der Waals surface area contributed by atoms with E-state index in [0.29, 0.717) is 0 Å². The molecule has 0 aliphatic carbocycles. The van der Waals surface area contributed by atoms with Gasteiger partial charge in [0.05, 0.1) is 11.3 Å². The Morgan fingerprint density at radius 1 is 1.00 bits per heavy atom. The zero-order valence-corrected chi connectivity index (χ0v) is 15.1. The number of benzene rings is 2. The van der Waals surface area contributed by atoms with Crippen LogP contribution in [0, 0.1) is 11.6 Å². The van der Waals surface area contributed by atoms with Crippen LogP contribution in [0.15, 0.2) is 65.6 Å². The third-order valence-corrected chi connectivity index (χ3v) is 3.78. The molecule has 29 heavy (non-hydrogen) atoms. The monoisotopic (exact) mass is 426 g/mol. The number of aromatic nitrogens is 1. The van der Waals surface area contributed by atoms with Gasteiger partial charge in [0, 0.05) is 35.6 Å². The minimum atomic E-state index is -3.86. The van der Waals surface area contributed by atoms with Crippen molar-refractivity contribution in [3.8, 4) is 11.4 Å². The molecule has 0 saturated heterocycles. The number of nitrogens with one attached hydrogen (secondary N) is 1. The van der Waals surface area contributed by atoms with Crippen LogP contribution in [0.25, 0.3) is 5.69 Å². The Kier molecular flexibility index (Phi) is 5.60. The van der Waals surface area contributed by atoms with E-state index in [-0.39, 0.29) is 22.7 Å². The van der Waals surface area contributed by atoms with E-state index in [0.717, 1.165) is 29.0 Å². The highest BCUT2D eigenvalue weighted by Crippen LogP contribution is 2.26. The van der Waals surface area contributed by atoms with Crippen LogP contribution in [-0.4, -0.2) is 16.0 Å². The highest BCUT2D eigenvalue weighted by atomic mass is 35.5. The molecular formula is C19H11ClF4N2O3. The summed E-state index contributed by atoms with van der Waals surface area (Å²) in [5.74, 6) is -3.06. The molecule has 0 aliphatic heterocycles. The molecule has 0 aliphatic rings. The lowest BCUT2D eigenvalue weighted by molar-refractivity contribution is -0.0964. The van der Waals surface area contributed by atoms with Gasteiger partial charge >= 0.3 is 5.57 Å². The number of pyridine rings is 1. The molecule has 0 saturated carbocycles. The molecule has 0 fully saturated rings. The summed E-state index contributed by atoms with van der Waals surface area (Å²) in [5.41, 5.74) is -4.09. The van der Waals surface area contributed by atoms with Crippen LogP contribution >= 0.6 is 11.6 Å². The van der Waals surface area contributed by atoms with Gasteiger partial charge in [0.25, 0.3) is 11.5 Å². The number of alkyl halides is 3. The standard InChI is InChI=1S/C19H11ClF4N2O3/c20-19(23,24)29-14-5-2-12(3-6-14)25-18(28)11-1-8-17(27)26(10-11)13-4-7-15(21)16(22)9-13/h1-10H,(H,25,28). The Morgan fingerprint density at radius 3 is 2.31 bits per heavy atom. The Bertz CT molecular complexity index is 1110. The first-order valence-electron chi connectivity index (χ1n) is 7.98. The van der Waals surface area contributed by atoms with Crippen molar-refractivity contribution in [2.45, 2.75) is 5.57 Å². The Balaban J connectivity index is 1.81. The number of carbonyl (C=O) groups is 1. The number of rotatable bonds is 5. The highest BCUT2D eigenvalue weighted by molar-refractivity contribution is 6.20. The van der Waals surface area contributed by atoms with E-state index < -0.39 is 28.7 Å². The molecule has 1 aromatic heterocycles. The van der Waals surface area contributed by atoms with Gasteiger partial charge in [0.2, 0.25) is 0 Å². The second-order valence-corrected chi connectivity index (χ2v) is 6.19. The number of hydrogen-bond donors (Lipinski definition) is 1. The van der Waals surface area contributed by atoms with E-state index in [2.05, 4.69) is 21.7 Å². The second kappa shape index (κ2) is 7.96. The first-order valence-corrected chi connectivity index (χ1v) is 8.35. The maximum Gasteiger partial charge on any atom is 0.487 e. The number of hydrogen-bond acceptors (Lipinski definition) is 3. The average molecular weight is 427 g/mol. The molecule has 1 amide bonds. The van der Waals surface area contributed by atoms with Gasteiger partial charge in [-0.2, -0.15) is 0 Å². The van der Waals surface area contributed by atoms with Crippen molar-refractivity contribution >= 4 is 23.2 Å². The number of amides is 1. The van der Waals surface area contributed by atoms with Crippen molar-refractivity contribution in [2.24, 2.45) is 0 Å². The molecular weight excluding hydrogens is 416 g/mol. The molecule has 0 unspecified atom stereocenters. The maximum absolute atomic E-state index is 13.4. The van der Waals surface area contributed by atoms with E-state index in [1.165, 1.54) is 36.4 Å². The molecule has 1 N–H and O–H groups in total. The van der Waals surface area contributed by atoms with Gasteiger partial charge in [0.15, 0.2) is 11.6 Å². The Morgan fingerprint density at radius 2 is 1.69 bits per heavy atom. The molecule has 5 nitrogen and oxygen atoms in total. The molecule has 0 atom stereocenters. The second-order valence-electron chi connectivity index (χ2n) is 5.75. The SMILES string of the molecule is O=C(Nc1ccc(OC(F)(F)Cl)cc1)c1ccc(=O)n(-c2ccc(F)c(F)c2)c1. The predicted molar refractivity (Wildman–Crippen MR) is 97.8 cm³/mol. The zero-order valence-electron chi connectivity index (χ0n) is 14.3. The molecule has 3 aromatic rings. The molecule has 150 valence electrons. The highest BCUT2D eigenvalue weighted by Gasteiger charge is 2.27. The molecule has 0 spiro atoms. The van der Waals surface area contributed by atoms with Gasteiger partial charge in [-0.05, 0) is 42.5 Å². The fourth-order valence-electron chi connectivity index (χ4n) is 2.40. The van der Waals surface area contributed by atoms with E-state index >= 15 is 0 Å². The smallest absolute Gasteiger partial charge is 0.420 e. The van der Waals surface area contributed by atoms with Crippen LogP contribution in [0.2, 0.25) is 0 Å². The molecule has 10 heteroatoms. The summed E-state index contributed by atoms with van der Waals surface area (Å²) < 4.78 is 56.9. The van der Waals surface area contributed by atoms with Crippen LogP contribution < -0.4 is 15.6 Å². The number of halogens is 5. The minimum absolute atomic E-state index is 0.0343. The van der Waals surface area contributed by atoms with Gasteiger partial charge in [-0.3, -0.25) is 14.2 Å². The van der Waals surface area contributed by atoms with Crippen LogP contribution in [0.4, 0.5) is 23.2 Å². The summed E-state index contributed by atoms with van der Waals surface area (Å²) >= 11 is 4.67. The molecule has 0 radical (unpaired) electrons. The lowest BCUT2D eigenvalue weighted by atomic mass is 10.2. The average Bonchev–Trinajstić information content (AvgIpc) is 2.65. The summed E-state index contributed by atoms with van der Waals surface area (Å²) in [4.78, 5) is 24.4. The van der Waals surface area contributed by atoms with Crippen LogP contribution in [0.5, 0.6) is 5.75 Å². The third kappa shape index (κ3) is 5.14. The molecule has 2 aromatic carbocycles. The van der Waals surface area contributed by atoms with Gasteiger partial charge < -0.3 is 10.1 Å². The summed E-state index contributed by atoms with van der Waals surface area (Å²) in [6.45, 7) is 0. The summed E-state index contributed by atoms with van der Waals surface area (Å²) in [5, 5.41) is 2.50. The van der Waals surface area contributed by atoms with Crippen molar-refractivity contribution in [1.29, 1.82) is 0 Å². The normalized spacial score (nSPS) is 11.2. The van der Waals surface area contributed by atoms with E-state index in [9.17, 15) is 27.2 Å². The number of ether oxygens (including phenoxy) is 1. The summed E-state index contributed by atoms with van der Waals surface area (Å²) in [6, 6.07) is 10.2. The van der Waals surface area contributed by atoms with Gasteiger partial charge in [-0.1, -0.05) is 0 Å². The van der Waals surface area contributed by atoms with Gasteiger partial charge in [0.1, 0.15) is 5.75 Å². The number of anilines is 1. The maximum atomic E-state index is 13.4. The molecule has 1 heterocycles. The Labute approximate surface area is 166 Å². The van der Waals surface area contributed by atoms with Crippen molar-refractivity contribution in [3.05, 3.63) is 88.3 Å².